The van der Waals surface area contributed by atoms with Crippen LogP contribution in [-0.4, -0.2) is 11.5 Å². The van der Waals surface area contributed by atoms with Crippen molar-refractivity contribution in [2.75, 3.05) is 11.9 Å². The van der Waals surface area contributed by atoms with Crippen LogP contribution in [0.4, 0.5) is 5.69 Å². The first kappa shape index (κ1) is 11.4. The van der Waals surface area contributed by atoms with E-state index in [9.17, 15) is 0 Å². The van der Waals surface area contributed by atoms with Crippen molar-refractivity contribution in [2.24, 2.45) is 5.92 Å². The number of nitrogens with zero attached hydrogens (tertiary/aromatic N) is 1. The molecule has 3 heteroatoms. The number of aromatic nitrogens is 1. The number of hydrogen-bond acceptors (Lipinski definition) is 3. The third-order valence-corrected chi connectivity index (χ3v) is 3.39. The number of fused-ring (bicyclic) bond motifs is 1. The maximum absolute atomic E-state index is 4.69. The van der Waals surface area contributed by atoms with Gasteiger partial charge in [-0.15, -0.1) is 11.3 Å². The predicted molar refractivity (Wildman–Crippen MR) is 72.3 cm³/mol. The third-order valence-electron chi connectivity index (χ3n) is 2.45. The number of rotatable bonds is 4. The summed E-state index contributed by atoms with van der Waals surface area (Å²) in [6.45, 7) is 7.54. The van der Waals surface area contributed by atoms with Crippen molar-refractivity contribution < 1.29 is 0 Å². The van der Waals surface area contributed by atoms with Crippen LogP contribution in [0.15, 0.2) is 17.5 Å². The Kier molecular flexibility index (Phi) is 3.44. The van der Waals surface area contributed by atoms with Gasteiger partial charge in [0.1, 0.15) is 0 Å². The Balaban J connectivity index is 2.44. The van der Waals surface area contributed by atoms with E-state index in [4.69, 9.17) is 0 Å². The summed E-state index contributed by atoms with van der Waals surface area (Å²) in [4.78, 5) is 4.69. The molecule has 0 aliphatic heterocycles. The number of hydrogen-bond donors (Lipinski definition) is 1. The summed E-state index contributed by atoms with van der Waals surface area (Å²) in [5.74, 6) is 0.651. The summed E-state index contributed by atoms with van der Waals surface area (Å²) < 4.78 is 1.27. The summed E-state index contributed by atoms with van der Waals surface area (Å²) in [5, 5.41) is 5.53. The number of anilines is 1. The molecule has 2 aromatic rings. The second-order valence-corrected chi connectivity index (χ2v) is 5.34. The fraction of sp³-hybridized carbons (Fsp3) is 0.462. The molecule has 2 nitrogen and oxygen atoms in total. The average Bonchev–Trinajstić information content (AvgIpc) is 2.65. The van der Waals surface area contributed by atoms with Gasteiger partial charge in [-0.3, -0.25) is 4.98 Å². The molecule has 0 aromatic carbocycles. The molecule has 0 amide bonds. The molecule has 0 saturated heterocycles. The molecule has 0 fully saturated rings. The molecule has 0 bridgehead atoms. The fourth-order valence-corrected chi connectivity index (χ4v) is 2.68. The van der Waals surface area contributed by atoms with Gasteiger partial charge < -0.3 is 5.32 Å². The van der Waals surface area contributed by atoms with Crippen LogP contribution >= 0.6 is 11.3 Å². The number of pyridine rings is 1. The van der Waals surface area contributed by atoms with E-state index in [0.29, 0.717) is 5.92 Å². The van der Waals surface area contributed by atoms with E-state index in [1.165, 1.54) is 16.1 Å². The Bertz CT molecular complexity index is 474. The van der Waals surface area contributed by atoms with Gasteiger partial charge in [-0.05, 0) is 36.8 Å². The van der Waals surface area contributed by atoms with Gasteiger partial charge in [0.25, 0.3) is 0 Å². The van der Waals surface area contributed by atoms with Crippen molar-refractivity contribution in [2.45, 2.75) is 27.2 Å². The molecule has 0 spiro atoms. The first-order valence-electron chi connectivity index (χ1n) is 5.81. The molecule has 0 unspecified atom stereocenters. The average molecular weight is 234 g/mol. The van der Waals surface area contributed by atoms with Crippen molar-refractivity contribution in [3.63, 3.8) is 0 Å². The predicted octanol–water partition coefficient (Wildman–Crippen LogP) is 3.93. The van der Waals surface area contributed by atoms with Crippen molar-refractivity contribution in [1.82, 2.24) is 4.98 Å². The molecule has 2 heterocycles. The van der Waals surface area contributed by atoms with Gasteiger partial charge in [0.05, 0.1) is 15.9 Å². The molecule has 86 valence electrons. The minimum Gasteiger partial charge on any atom is -0.384 e. The fourth-order valence-electron chi connectivity index (χ4n) is 1.86. The van der Waals surface area contributed by atoms with E-state index >= 15 is 0 Å². The van der Waals surface area contributed by atoms with Crippen LogP contribution in [0, 0.1) is 5.92 Å². The molecule has 2 aromatic heterocycles. The van der Waals surface area contributed by atoms with Gasteiger partial charge in [0.15, 0.2) is 0 Å². The van der Waals surface area contributed by atoms with Crippen LogP contribution in [-0.2, 0) is 6.42 Å². The molecule has 0 saturated carbocycles. The van der Waals surface area contributed by atoms with E-state index in [0.717, 1.165) is 18.5 Å². The van der Waals surface area contributed by atoms with Crippen molar-refractivity contribution in [3.8, 4) is 0 Å². The molecule has 0 atom stereocenters. The smallest absolute Gasteiger partial charge is 0.0834 e. The Morgan fingerprint density at radius 3 is 2.94 bits per heavy atom. The lowest BCUT2D eigenvalue weighted by Gasteiger charge is -2.09. The zero-order valence-corrected chi connectivity index (χ0v) is 10.9. The van der Waals surface area contributed by atoms with Crippen molar-refractivity contribution >= 4 is 27.2 Å². The molecule has 1 N–H and O–H groups in total. The second-order valence-electron chi connectivity index (χ2n) is 4.42. The van der Waals surface area contributed by atoms with E-state index in [1.807, 2.05) is 0 Å². The van der Waals surface area contributed by atoms with Crippen LogP contribution < -0.4 is 5.32 Å². The number of nitrogens with one attached hydrogen (secondary N) is 1. The van der Waals surface area contributed by atoms with Gasteiger partial charge in [-0.2, -0.15) is 0 Å². The summed E-state index contributed by atoms with van der Waals surface area (Å²) in [6.07, 6.45) is 1.05. The highest BCUT2D eigenvalue weighted by atomic mass is 32.1. The lowest BCUT2D eigenvalue weighted by Crippen LogP contribution is -2.01. The standard InChI is InChI=1S/C13H18N2S/c1-4-14-12-8-10(7-9(2)3)15-11-5-6-16-13(11)12/h5-6,8-9H,4,7H2,1-3H3,(H,14,15). The molecular formula is C13H18N2S. The Hall–Kier alpha value is -1.09. The van der Waals surface area contributed by atoms with E-state index in [-0.39, 0.29) is 0 Å². The van der Waals surface area contributed by atoms with E-state index in [1.54, 1.807) is 11.3 Å². The van der Waals surface area contributed by atoms with Gasteiger partial charge >= 0.3 is 0 Å². The van der Waals surface area contributed by atoms with E-state index < -0.39 is 0 Å². The number of thiophene rings is 1. The highest BCUT2D eigenvalue weighted by molar-refractivity contribution is 7.17. The topological polar surface area (TPSA) is 24.9 Å². The molecule has 16 heavy (non-hydrogen) atoms. The molecular weight excluding hydrogens is 216 g/mol. The SMILES string of the molecule is CCNc1cc(CC(C)C)nc2ccsc12. The molecule has 2 rings (SSSR count). The van der Waals surface area contributed by atoms with Gasteiger partial charge in [-0.25, -0.2) is 0 Å². The molecule has 0 aliphatic rings. The molecule has 0 radical (unpaired) electrons. The van der Waals surface area contributed by atoms with Crippen LogP contribution in [0.3, 0.4) is 0 Å². The van der Waals surface area contributed by atoms with Crippen LogP contribution in [0.5, 0.6) is 0 Å². The highest BCUT2D eigenvalue weighted by Gasteiger charge is 2.07. The van der Waals surface area contributed by atoms with Crippen LogP contribution in [0.25, 0.3) is 10.2 Å². The maximum Gasteiger partial charge on any atom is 0.0834 e. The summed E-state index contributed by atoms with van der Waals surface area (Å²) in [5.41, 5.74) is 3.55. The van der Waals surface area contributed by atoms with Crippen molar-refractivity contribution in [1.29, 1.82) is 0 Å². The molecule has 0 aliphatic carbocycles. The first-order chi connectivity index (χ1) is 7.70. The lowest BCUT2D eigenvalue weighted by molar-refractivity contribution is 0.637. The Labute approximate surface area is 101 Å². The monoisotopic (exact) mass is 234 g/mol. The normalized spacial score (nSPS) is 11.2. The van der Waals surface area contributed by atoms with Crippen LogP contribution in [0.2, 0.25) is 0 Å². The van der Waals surface area contributed by atoms with Gasteiger partial charge in [0.2, 0.25) is 0 Å². The minimum atomic E-state index is 0.651. The maximum atomic E-state index is 4.69. The van der Waals surface area contributed by atoms with Crippen LogP contribution in [0.1, 0.15) is 26.5 Å². The minimum absolute atomic E-state index is 0.651. The van der Waals surface area contributed by atoms with Crippen molar-refractivity contribution in [3.05, 3.63) is 23.2 Å². The van der Waals surface area contributed by atoms with Gasteiger partial charge in [-0.1, -0.05) is 13.8 Å². The summed E-state index contributed by atoms with van der Waals surface area (Å²) in [6, 6.07) is 4.30. The Morgan fingerprint density at radius 2 is 2.25 bits per heavy atom. The summed E-state index contributed by atoms with van der Waals surface area (Å²) >= 11 is 1.76. The zero-order valence-electron chi connectivity index (χ0n) is 10.1. The largest absolute Gasteiger partial charge is 0.384 e. The first-order valence-corrected chi connectivity index (χ1v) is 6.69. The quantitative estimate of drug-likeness (QED) is 0.867. The zero-order chi connectivity index (χ0) is 11.5. The second kappa shape index (κ2) is 4.83. The highest BCUT2D eigenvalue weighted by Crippen LogP contribution is 2.28. The lowest BCUT2D eigenvalue weighted by atomic mass is 10.1. The van der Waals surface area contributed by atoms with Gasteiger partial charge in [0, 0.05) is 12.2 Å². The third kappa shape index (κ3) is 2.35. The Morgan fingerprint density at radius 1 is 1.44 bits per heavy atom. The van der Waals surface area contributed by atoms with E-state index in [2.05, 4.69) is 48.6 Å². The summed E-state index contributed by atoms with van der Waals surface area (Å²) in [7, 11) is 0.